The number of ether oxygens (including phenoxy) is 1. The SMILES string of the molecule is CCOC(=O)C(=O)Nc1ccc(-n2cnc3ccccc32)nc1. The Labute approximate surface area is 131 Å². The van der Waals surface area contributed by atoms with E-state index < -0.39 is 11.9 Å². The molecule has 3 aromatic rings. The van der Waals surface area contributed by atoms with Crippen molar-refractivity contribution in [2.75, 3.05) is 11.9 Å². The van der Waals surface area contributed by atoms with E-state index in [1.54, 1.807) is 25.4 Å². The summed E-state index contributed by atoms with van der Waals surface area (Å²) in [7, 11) is 0. The number of imidazole rings is 1. The standard InChI is InChI=1S/C16H14N4O3/c1-2-23-16(22)15(21)19-11-7-8-14(17-9-11)20-10-18-12-5-3-4-6-13(12)20/h3-10H,2H2,1H3,(H,19,21). The van der Waals surface area contributed by atoms with Crippen molar-refractivity contribution in [1.82, 2.24) is 14.5 Å². The molecule has 1 aromatic carbocycles. The lowest BCUT2D eigenvalue weighted by Crippen LogP contribution is -2.25. The molecule has 0 aliphatic rings. The lowest BCUT2D eigenvalue weighted by atomic mass is 10.3. The molecule has 0 fully saturated rings. The zero-order valence-electron chi connectivity index (χ0n) is 12.4. The van der Waals surface area contributed by atoms with E-state index in [0.717, 1.165) is 11.0 Å². The molecule has 2 aromatic heterocycles. The fourth-order valence-corrected chi connectivity index (χ4v) is 2.12. The molecule has 23 heavy (non-hydrogen) atoms. The number of amides is 1. The van der Waals surface area contributed by atoms with Gasteiger partial charge in [0.15, 0.2) is 0 Å². The van der Waals surface area contributed by atoms with Crippen LogP contribution in [0.5, 0.6) is 0 Å². The van der Waals surface area contributed by atoms with Crippen molar-refractivity contribution in [1.29, 1.82) is 0 Å². The number of carbonyl (C=O) groups excluding carboxylic acids is 2. The number of hydrogen-bond acceptors (Lipinski definition) is 5. The molecule has 0 radical (unpaired) electrons. The molecule has 0 atom stereocenters. The molecule has 0 bridgehead atoms. The number of pyridine rings is 1. The molecule has 7 nitrogen and oxygen atoms in total. The molecule has 0 unspecified atom stereocenters. The molecular formula is C16H14N4O3. The summed E-state index contributed by atoms with van der Waals surface area (Å²) >= 11 is 0. The third kappa shape index (κ3) is 3.03. The second kappa shape index (κ2) is 6.27. The van der Waals surface area contributed by atoms with Crippen molar-refractivity contribution in [2.24, 2.45) is 0 Å². The van der Waals surface area contributed by atoms with Gasteiger partial charge in [0, 0.05) is 0 Å². The second-order valence-corrected chi connectivity index (χ2v) is 4.68. The molecule has 3 rings (SSSR count). The number of anilines is 1. The van der Waals surface area contributed by atoms with Gasteiger partial charge in [-0.25, -0.2) is 14.8 Å². The quantitative estimate of drug-likeness (QED) is 0.590. The smallest absolute Gasteiger partial charge is 0.397 e. The minimum absolute atomic E-state index is 0.150. The first-order chi connectivity index (χ1) is 11.2. The van der Waals surface area contributed by atoms with Crippen molar-refractivity contribution in [3.63, 3.8) is 0 Å². The van der Waals surface area contributed by atoms with Gasteiger partial charge in [-0.05, 0) is 31.2 Å². The van der Waals surface area contributed by atoms with Gasteiger partial charge in [-0.3, -0.25) is 9.36 Å². The van der Waals surface area contributed by atoms with Gasteiger partial charge in [-0.1, -0.05) is 12.1 Å². The molecule has 0 aliphatic carbocycles. The van der Waals surface area contributed by atoms with E-state index in [9.17, 15) is 9.59 Å². The van der Waals surface area contributed by atoms with Gasteiger partial charge in [0.2, 0.25) is 0 Å². The van der Waals surface area contributed by atoms with Crippen molar-refractivity contribution < 1.29 is 14.3 Å². The number of nitrogens with zero attached hydrogens (tertiary/aromatic N) is 3. The van der Waals surface area contributed by atoms with Gasteiger partial charge in [0.05, 0.1) is 29.5 Å². The van der Waals surface area contributed by atoms with Gasteiger partial charge in [-0.2, -0.15) is 0 Å². The Kier molecular flexibility index (Phi) is 4.01. The van der Waals surface area contributed by atoms with Gasteiger partial charge in [0.1, 0.15) is 12.1 Å². The third-order valence-corrected chi connectivity index (χ3v) is 3.17. The number of esters is 1. The van der Waals surface area contributed by atoms with Crippen LogP contribution in [0.15, 0.2) is 48.9 Å². The minimum atomic E-state index is -0.919. The summed E-state index contributed by atoms with van der Waals surface area (Å²) in [6.07, 6.45) is 3.16. The lowest BCUT2D eigenvalue weighted by Gasteiger charge is -2.06. The fourth-order valence-electron chi connectivity index (χ4n) is 2.12. The van der Waals surface area contributed by atoms with Crippen LogP contribution >= 0.6 is 0 Å². The van der Waals surface area contributed by atoms with Crippen LogP contribution in [0.1, 0.15) is 6.92 Å². The maximum Gasteiger partial charge on any atom is 0.397 e. The minimum Gasteiger partial charge on any atom is -0.459 e. The highest BCUT2D eigenvalue weighted by molar-refractivity contribution is 6.37. The molecular weight excluding hydrogens is 296 g/mol. The zero-order valence-corrected chi connectivity index (χ0v) is 12.4. The Bertz CT molecular complexity index is 855. The molecule has 0 spiro atoms. The van der Waals surface area contributed by atoms with E-state index in [1.165, 1.54) is 6.20 Å². The number of hydrogen-bond donors (Lipinski definition) is 1. The van der Waals surface area contributed by atoms with E-state index in [-0.39, 0.29) is 6.61 Å². The average Bonchev–Trinajstić information content (AvgIpc) is 3.00. The van der Waals surface area contributed by atoms with Crippen molar-refractivity contribution in [2.45, 2.75) is 6.92 Å². The Balaban J connectivity index is 1.80. The first-order valence-corrected chi connectivity index (χ1v) is 7.05. The largest absolute Gasteiger partial charge is 0.459 e. The van der Waals surface area contributed by atoms with Crippen LogP contribution in [0.2, 0.25) is 0 Å². The maximum atomic E-state index is 11.6. The Morgan fingerprint density at radius 2 is 2.00 bits per heavy atom. The summed E-state index contributed by atoms with van der Waals surface area (Å²) in [5.41, 5.74) is 2.22. The van der Waals surface area contributed by atoms with Gasteiger partial charge in [-0.15, -0.1) is 0 Å². The molecule has 0 saturated carbocycles. The number of aromatic nitrogens is 3. The predicted molar refractivity (Wildman–Crippen MR) is 84.1 cm³/mol. The Morgan fingerprint density at radius 1 is 1.17 bits per heavy atom. The number of para-hydroxylation sites is 2. The van der Waals surface area contributed by atoms with Gasteiger partial charge < -0.3 is 10.1 Å². The van der Waals surface area contributed by atoms with Crippen molar-refractivity contribution >= 4 is 28.6 Å². The Hall–Kier alpha value is -3.22. The van der Waals surface area contributed by atoms with Crippen LogP contribution < -0.4 is 5.32 Å². The summed E-state index contributed by atoms with van der Waals surface area (Å²) in [6, 6.07) is 11.1. The zero-order chi connectivity index (χ0) is 16.2. The first-order valence-electron chi connectivity index (χ1n) is 7.05. The van der Waals surface area contributed by atoms with Crippen LogP contribution in [0.25, 0.3) is 16.9 Å². The molecule has 1 amide bonds. The topological polar surface area (TPSA) is 86.1 Å². The van der Waals surface area contributed by atoms with Crippen LogP contribution in [0.3, 0.4) is 0 Å². The molecule has 2 heterocycles. The van der Waals surface area contributed by atoms with Gasteiger partial charge >= 0.3 is 11.9 Å². The normalized spacial score (nSPS) is 10.5. The fraction of sp³-hybridized carbons (Fsp3) is 0.125. The highest BCUT2D eigenvalue weighted by Crippen LogP contribution is 2.17. The molecule has 1 N–H and O–H groups in total. The van der Waals surface area contributed by atoms with Crippen LogP contribution in [0, 0.1) is 0 Å². The molecule has 0 aliphatic heterocycles. The number of benzene rings is 1. The van der Waals surface area contributed by atoms with Crippen LogP contribution in [-0.4, -0.2) is 33.0 Å². The van der Waals surface area contributed by atoms with E-state index in [4.69, 9.17) is 0 Å². The van der Waals surface area contributed by atoms with E-state index >= 15 is 0 Å². The Morgan fingerprint density at radius 3 is 2.74 bits per heavy atom. The molecule has 7 heteroatoms. The molecule has 116 valence electrons. The van der Waals surface area contributed by atoms with E-state index in [2.05, 4.69) is 20.0 Å². The number of carbonyl (C=O) groups is 2. The van der Waals surface area contributed by atoms with E-state index in [0.29, 0.717) is 11.5 Å². The second-order valence-electron chi connectivity index (χ2n) is 4.68. The highest BCUT2D eigenvalue weighted by atomic mass is 16.5. The van der Waals surface area contributed by atoms with Gasteiger partial charge in [0.25, 0.3) is 0 Å². The monoisotopic (exact) mass is 310 g/mol. The summed E-state index contributed by atoms with van der Waals surface area (Å²) in [5, 5.41) is 2.44. The maximum absolute atomic E-state index is 11.6. The first kappa shape index (κ1) is 14.7. The summed E-state index contributed by atoms with van der Waals surface area (Å²) in [6.45, 7) is 1.79. The summed E-state index contributed by atoms with van der Waals surface area (Å²) in [5.74, 6) is -1.08. The number of fused-ring (bicyclic) bond motifs is 1. The van der Waals surface area contributed by atoms with Crippen LogP contribution in [0.4, 0.5) is 5.69 Å². The number of nitrogens with one attached hydrogen (secondary N) is 1. The van der Waals surface area contributed by atoms with Crippen LogP contribution in [-0.2, 0) is 14.3 Å². The predicted octanol–water partition coefficient (Wildman–Crippen LogP) is 1.92. The van der Waals surface area contributed by atoms with E-state index in [1.807, 2.05) is 28.8 Å². The summed E-state index contributed by atoms with van der Waals surface area (Å²) < 4.78 is 6.46. The number of rotatable bonds is 3. The third-order valence-electron chi connectivity index (χ3n) is 3.17. The van der Waals surface area contributed by atoms with Crippen molar-refractivity contribution in [3.8, 4) is 5.82 Å². The van der Waals surface area contributed by atoms with Crippen molar-refractivity contribution in [3.05, 3.63) is 48.9 Å². The average molecular weight is 310 g/mol. The lowest BCUT2D eigenvalue weighted by molar-refractivity contribution is -0.152. The molecule has 0 saturated heterocycles. The highest BCUT2D eigenvalue weighted by Gasteiger charge is 2.15. The summed E-state index contributed by atoms with van der Waals surface area (Å²) in [4.78, 5) is 31.4.